The van der Waals surface area contributed by atoms with Crippen molar-refractivity contribution in [2.45, 2.75) is 38.0 Å². The predicted octanol–water partition coefficient (Wildman–Crippen LogP) is 4.47. The van der Waals surface area contributed by atoms with E-state index < -0.39 is 38.9 Å². The maximum atomic E-state index is 13.8. The largest absolute Gasteiger partial charge is 0.477 e. The molecule has 0 fully saturated rings. The number of hydrogen-bond donors (Lipinski definition) is 2. The molecule has 0 aromatic heterocycles. The fourth-order valence-corrected chi connectivity index (χ4v) is 3.87. The minimum Gasteiger partial charge on any atom is -0.477 e. The van der Waals surface area contributed by atoms with Crippen LogP contribution in [0.1, 0.15) is 53.8 Å². The van der Waals surface area contributed by atoms with Crippen LogP contribution in [0.3, 0.4) is 0 Å². The first-order valence-electron chi connectivity index (χ1n) is 8.97. The Labute approximate surface area is 167 Å². The molecule has 0 bridgehead atoms. The van der Waals surface area contributed by atoms with Gasteiger partial charge in [-0.05, 0) is 30.2 Å². The second-order valence-electron chi connectivity index (χ2n) is 6.56. The molecule has 0 saturated heterocycles. The summed E-state index contributed by atoms with van der Waals surface area (Å²) >= 11 is 0. The van der Waals surface area contributed by atoms with Gasteiger partial charge in [0.25, 0.3) is 10.0 Å². The van der Waals surface area contributed by atoms with Crippen LogP contribution in [0.25, 0.3) is 0 Å². The Morgan fingerprint density at radius 1 is 1.03 bits per heavy atom. The molecule has 0 aliphatic rings. The molecule has 0 aliphatic heterocycles. The van der Waals surface area contributed by atoms with Crippen molar-refractivity contribution in [1.29, 1.82) is 0 Å². The molecule has 2 aromatic rings. The summed E-state index contributed by atoms with van der Waals surface area (Å²) in [6.45, 7) is 3.99. The van der Waals surface area contributed by atoms with Crippen LogP contribution in [0.2, 0.25) is 0 Å². The van der Waals surface area contributed by atoms with Crippen LogP contribution in [0, 0.1) is 17.6 Å². The molecule has 29 heavy (non-hydrogen) atoms. The van der Waals surface area contributed by atoms with Crippen molar-refractivity contribution in [3.8, 4) is 0 Å². The van der Waals surface area contributed by atoms with Crippen molar-refractivity contribution in [2.24, 2.45) is 5.92 Å². The van der Waals surface area contributed by atoms with E-state index >= 15 is 0 Å². The lowest BCUT2D eigenvalue weighted by Gasteiger charge is -2.12. The molecule has 0 heterocycles. The number of carboxylic acid groups (broad SMARTS) is 1. The van der Waals surface area contributed by atoms with Gasteiger partial charge in [0, 0.05) is 12.0 Å². The molecule has 2 N–H and O–H groups in total. The minimum absolute atomic E-state index is 0.0935. The van der Waals surface area contributed by atoms with Gasteiger partial charge in [-0.3, -0.25) is 9.52 Å². The molecule has 0 atom stereocenters. The minimum atomic E-state index is -4.20. The average Bonchev–Trinajstić information content (AvgIpc) is 2.64. The van der Waals surface area contributed by atoms with Crippen LogP contribution in [0.15, 0.2) is 41.3 Å². The lowest BCUT2D eigenvalue weighted by molar-refractivity contribution is 0.0686. The normalized spacial score (nSPS) is 11.5. The standard InChI is InChI=1S/C20H21F2NO5S/c1-3-12(4-2)9-18(24)13-5-7-15(8-6-13)29(27,28)23-14-10-16(21)19(20(25)26)17(22)11-14/h5-8,10-12,23H,3-4,9H2,1-2H3,(H,25,26). The fourth-order valence-electron chi connectivity index (χ4n) is 2.83. The van der Waals surface area contributed by atoms with Crippen molar-refractivity contribution >= 4 is 27.5 Å². The van der Waals surface area contributed by atoms with E-state index in [1.165, 1.54) is 24.3 Å². The Bertz CT molecular complexity index is 993. The summed E-state index contributed by atoms with van der Waals surface area (Å²) in [7, 11) is -4.20. The van der Waals surface area contributed by atoms with Gasteiger partial charge < -0.3 is 5.11 Å². The Balaban J connectivity index is 2.22. The number of carbonyl (C=O) groups excluding carboxylic acids is 1. The molecule has 0 unspecified atom stereocenters. The van der Waals surface area contributed by atoms with Crippen molar-refractivity contribution in [1.82, 2.24) is 0 Å². The van der Waals surface area contributed by atoms with Gasteiger partial charge in [0.2, 0.25) is 0 Å². The molecular weight excluding hydrogens is 404 g/mol. The number of Topliss-reactive ketones (excluding diaryl/α,β-unsaturated/α-hetero) is 1. The quantitative estimate of drug-likeness (QED) is 0.577. The molecule has 0 radical (unpaired) electrons. The Hall–Kier alpha value is -2.81. The fraction of sp³-hybridized carbons (Fsp3) is 0.300. The molecular formula is C20H21F2NO5S. The number of rotatable bonds is 9. The molecule has 0 aliphatic carbocycles. The highest BCUT2D eigenvalue weighted by Crippen LogP contribution is 2.23. The number of anilines is 1. The summed E-state index contributed by atoms with van der Waals surface area (Å²) < 4.78 is 54.4. The van der Waals surface area contributed by atoms with Gasteiger partial charge in [0.1, 0.15) is 17.2 Å². The highest BCUT2D eigenvalue weighted by molar-refractivity contribution is 7.92. The molecule has 2 aromatic carbocycles. The van der Waals surface area contributed by atoms with E-state index in [0.29, 0.717) is 24.1 Å². The van der Waals surface area contributed by atoms with E-state index in [9.17, 15) is 26.8 Å². The molecule has 9 heteroatoms. The summed E-state index contributed by atoms with van der Waals surface area (Å²) in [6.07, 6.45) is 2.10. The van der Waals surface area contributed by atoms with Crippen molar-refractivity contribution in [2.75, 3.05) is 4.72 Å². The van der Waals surface area contributed by atoms with E-state index in [1.807, 2.05) is 18.6 Å². The van der Waals surface area contributed by atoms with E-state index in [-0.39, 0.29) is 16.6 Å². The highest BCUT2D eigenvalue weighted by Gasteiger charge is 2.21. The van der Waals surface area contributed by atoms with Gasteiger partial charge in [0.15, 0.2) is 5.78 Å². The number of sulfonamides is 1. The van der Waals surface area contributed by atoms with E-state index in [1.54, 1.807) is 0 Å². The molecule has 2 rings (SSSR count). The number of aromatic carboxylic acids is 1. The smallest absolute Gasteiger partial charge is 0.341 e. The number of ketones is 1. The third kappa shape index (κ3) is 5.38. The zero-order chi connectivity index (χ0) is 21.8. The van der Waals surface area contributed by atoms with E-state index in [4.69, 9.17) is 5.11 Å². The Kier molecular flexibility index (Phi) is 7.07. The number of carbonyl (C=O) groups is 2. The number of halogens is 2. The van der Waals surface area contributed by atoms with E-state index in [2.05, 4.69) is 0 Å². The van der Waals surface area contributed by atoms with Gasteiger partial charge in [-0.1, -0.05) is 38.8 Å². The summed E-state index contributed by atoms with van der Waals surface area (Å²) in [5.74, 6) is -4.45. The first-order valence-corrected chi connectivity index (χ1v) is 10.5. The topological polar surface area (TPSA) is 101 Å². The second kappa shape index (κ2) is 9.13. The first-order chi connectivity index (χ1) is 13.6. The monoisotopic (exact) mass is 425 g/mol. The van der Waals surface area contributed by atoms with Gasteiger partial charge in [-0.2, -0.15) is 0 Å². The number of benzene rings is 2. The zero-order valence-corrected chi connectivity index (χ0v) is 16.7. The van der Waals surface area contributed by atoms with Crippen LogP contribution >= 0.6 is 0 Å². The van der Waals surface area contributed by atoms with Crippen LogP contribution in [-0.4, -0.2) is 25.3 Å². The van der Waals surface area contributed by atoms with Gasteiger partial charge >= 0.3 is 5.97 Å². The third-order valence-corrected chi connectivity index (χ3v) is 6.02. The Morgan fingerprint density at radius 3 is 2.00 bits per heavy atom. The molecule has 6 nitrogen and oxygen atoms in total. The summed E-state index contributed by atoms with van der Waals surface area (Å²) in [5.41, 5.74) is -1.26. The molecule has 0 saturated carbocycles. The van der Waals surface area contributed by atoms with Crippen LogP contribution in [-0.2, 0) is 10.0 Å². The maximum absolute atomic E-state index is 13.8. The van der Waals surface area contributed by atoms with Gasteiger partial charge in [-0.25, -0.2) is 22.0 Å². The van der Waals surface area contributed by atoms with Crippen molar-refractivity contribution in [3.63, 3.8) is 0 Å². The van der Waals surface area contributed by atoms with Crippen molar-refractivity contribution in [3.05, 3.63) is 59.2 Å². The lowest BCUT2D eigenvalue weighted by atomic mass is 9.94. The van der Waals surface area contributed by atoms with Crippen molar-refractivity contribution < 1.29 is 31.9 Å². The molecule has 156 valence electrons. The van der Waals surface area contributed by atoms with Gasteiger partial charge in [0.05, 0.1) is 10.6 Å². The second-order valence-corrected chi connectivity index (χ2v) is 8.24. The van der Waals surface area contributed by atoms with E-state index in [0.717, 1.165) is 12.8 Å². The lowest BCUT2D eigenvalue weighted by Crippen LogP contribution is -2.15. The molecule has 0 spiro atoms. The number of carboxylic acids is 1. The average molecular weight is 425 g/mol. The SMILES string of the molecule is CCC(CC)CC(=O)c1ccc(S(=O)(=O)Nc2cc(F)c(C(=O)O)c(F)c2)cc1. The number of hydrogen-bond acceptors (Lipinski definition) is 4. The summed E-state index contributed by atoms with van der Waals surface area (Å²) in [5, 5.41) is 8.76. The van der Waals surface area contributed by atoms with Crippen LogP contribution in [0.5, 0.6) is 0 Å². The number of nitrogens with one attached hydrogen (secondary N) is 1. The van der Waals surface area contributed by atoms with Gasteiger partial charge in [-0.15, -0.1) is 0 Å². The van der Waals surface area contributed by atoms with Crippen LogP contribution < -0.4 is 4.72 Å². The summed E-state index contributed by atoms with van der Waals surface area (Å²) in [6, 6.07) is 6.37. The zero-order valence-electron chi connectivity index (χ0n) is 15.9. The first kappa shape index (κ1) is 22.5. The third-order valence-electron chi connectivity index (χ3n) is 4.62. The van der Waals surface area contributed by atoms with Crippen LogP contribution in [0.4, 0.5) is 14.5 Å². The maximum Gasteiger partial charge on any atom is 0.341 e. The predicted molar refractivity (Wildman–Crippen MR) is 104 cm³/mol. The summed E-state index contributed by atoms with van der Waals surface area (Å²) in [4.78, 5) is 22.9. The molecule has 0 amide bonds. The Morgan fingerprint density at radius 2 is 1.55 bits per heavy atom. The highest BCUT2D eigenvalue weighted by atomic mass is 32.2.